The van der Waals surface area contributed by atoms with Gasteiger partial charge in [-0.25, -0.2) is 4.98 Å². The van der Waals surface area contributed by atoms with Crippen molar-refractivity contribution in [1.29, 1.82) is 0 Å². The lowest BCUT2D eigenvalue weighted by molar-refractivity contribution is 0.313. The van der Waals surface area contributed by atoms with E-state index in [1.54, 1.807) is 0 Å². The Morgan fingerprint density at radius 2 is 2.00 bits per heavy atom. The van der Waals surface area contributed by atoms with Crippen LogP contribution in [-0.2, 0) is 0 Å². The quantitative estimate of drug-likeness (QED) is 0.880. The highest BCUT2D eigenvalue weighted by molar-refractivity contribution is 7.09. The molecule has 0 spiro atoms. The number of nitrogens with one attached hydrogen (secondary N) is 1. The summed E-state index contributed by atoms with van der Waals surface area (Å²) in [6, 6.07) is 0.437. The summed E-state index contributed by atoms with van der Waals surface area (Å²) in [6.45, 7) is 6.57. The second-order valence-electron chi connectivity index (χ2n) is 5.38. The third-order valence-electron chi connectivity index (χ3n) is 3.64. The van der Waals surface area contributed by atoms with E-state index < -0.39 is 0 Å². The predicted octanol–water partition coefficient (Wildman–Crippen LogP) is 4.04. The maximum absolute atomic E-state index is 4.62. The molecule has 3 nitrogen and oxygen atoms in total. The molecule has 1 fully saturated rings. The fourth-order valence-corrected chi connectivity index (χ4v) is 3.33. The van der Waals surface area contributed by atoms with Crippen LogP contribution < -0.4 is 5.32 Å². The molecule has 0 amide bonds. The van der Waals surface area contributed by atoms with Crippen LogP contribution in [-0.4, -0.2) is 15.4 Å². The van der Waals surface area contributed by atoms with Crippen molar-refractivity contribution in [2.24, 2.45) is 5.92 Å². The van der Waals surface area contributed by atoms with Gasteiger partial charge in [-0.05, 0) is 45.4 Å². The van der Waals surface area contributed by atoms with Crippen LogP contribution in [0.1, 0.15) is 64.6 Å². The van der Waals surface area contributed by atoms with E-state index >= 15 is 0 Å². The van der Waals surface area contributed by atoms with Gasteiger partial charge < -0.3 is 5.32 Å². The first-order valence-electron chi connectivity index (χ1n) is 6.79. The molecule has 0 unspecified atom stereocenters. The van der Waals surface area contributed by atoms with Crippen molar-refractivity contribution in [3.63, 3.8) is 0 Å². The summed E-state index contributed by atoms with van der Waals surface area (Å²) in [4.78, 5) is 4.62. The SMILES string of the molecule is CCC1CCC(c2nsc(NC(C)C)n2)CC1. The Morgan fingerprint density at radius 1 is 1.29 bits per heavy atom. The summed E-state index contributed by atoms with van der Waals surface area (Å²) < 4.78 is 4.51. The molecule has 17 heavy (non-hydrogen) atoms. The topological polar surface area (TPSA) is 37.8 Å². The van der Waals surface area contributed by atoms with Gasteiger partial charge >= 0.3 is 0 Å². The largest absolute Gasteiger partial charge is 0.358 e. The predicted molar refractivity (Wildman–Crippen MR) is 73.7 cm³/mol. The summed E-state index contributed by atoms with van der Waals surface area (Å²) in [5, 5.41) is 4.31. The summed E-state index contributed by atoms with van der Waals surface area (Å²) in [7, 11) is 0. The van der Waals surface area contributed by atoms with E-state index in [2.05, 4.69) is 35.4 Å². The fraction of sp³-hybridized carbons (Fsp3) is 0.846. The van der Waals surface area contributed by atoms with Crippen LogP contribution in [0.3, 0.4) is 0 Å². The van der Waals surface area contributed by atoms with Crippen LogP contribution in [0.2, 0.25) is 0 Å². The summed E-state index contributed by atoms with van der Waals surface area (Å²) in [6.07, 6.45) is 6.59. The smallest absolute Gasteiger partial charge is 0.202 e. The lowest BCUT2D eigenvalue weighted by atomic mass is 9.80. The van der Waals surface area contributed by atoms with Crippen molar-refractivity contribution < 1.29 is 0 Å². The Balaban J connectivity index is 1.92. The molecule has 0 radical (unpaired) electrons. The highest BCUT2D eigenvalue weighted by Gasteiger charge is 2.24. The molecule has 0 aliphatic heterocycles. The first kappa shape index (κ1) is 12.8. The molecule has 4 heteroatoms. The van der Waals surface area contributed by atoms with Crippen molar-refractivity contribution in [3.05, 3.63) is 5.82 Å². The molecule has 2 rings (SSSR count). The first-order chi connectivity index (χ1) is 8.19. The molecular weight excluding hydrogens is 230 g/mol. The third-order valence-corrected chi connectivity index (χ3v) is 4.30. The standard InChI is InChI=1S/C13H23N3S/c1-4-10-5-7-11(8-6-10)12-15-13(17-16-12)14-9(2)3/h9-11H,4-8H2,1-3H3,(H,14,15,16). The van der Waals surface area contributed by atoms with Crippen molar-refractivity contribution in [2.45, 2.75) is 64.8 Å². The van der Waals surface area contributed by atoms with Crippen molar-refractivity contribution >= 4 is 16.7 Å². The van der Waals surface area contributed by atoms with Gasteiger partial charge in [-0.1, -0.05) is 13.3 Å². The summed E-state index contributed by atoms with van der Waals surface area (Å²) >= 11 is 1.51. The molecule has 1 heterocycles. The van der Waals surface area contributed by atoms with Crippen molar-refractivity contribution in [3.8, 4) is 0 Å². The third kappa shape index (κ3) is 3.41. The summed E-state index contributed by atoms with van der Waals surface area (Å²) in [5.41, 5.74) is 0. The molecule has 0 saturated heterocycles. The van der Waals surface area contributed by atoms with Crippen LogP contribution in [0.5, 0.6) is 0 Å². The molecule has 1 aromatic heterocycles. The lowest BCUT2D eigenvalue weighted by Gasteiger charge is -2.25. The first-order valence-corrected chi connectivity index (χ1v) is 7.56. The number of nitrogens with zero attached hydrogens (tertiary/aromatic N) is 2. The normalized spacial score (nSPS) is 25.2. The minimum Gasteiger partial charge on any atom is -0.358 e. The second kappa shape index (κ2) is 5.80. The minimum atomic E-state index is 0.437. The van der Waals surface area contributed by atoms with E-state index in [0.29, 0.717) is 12.0 Å². The molecule has 0 bridgehead atoms. The molecule has 1 aliphatic carbocycles. The van der Waals surface area contributed by atoms with E-state index in [9.17, 15) is 0 Å². The Morgan fingerprint density at radius 3 is 2.59 bits per heavy atom. The van der Waals surface area contributed by atoms with E-state index in [4.69, 9.17) is 0 Å². The van der Waals surface area contributed by atoms with E-state index in [0.717, 1.165) is 16.9 Å². The Labute approximate surface area is 108 Å². The number of anilines is 1. The van der Waals surface area contributed by atoms with Crippen LogP contribution in [0.4, 0.5) is 5.13 Å². The molecule has 1 N–H and O–H groups in total. The van der Waals surface area contributed by atoms with Crippen LogP contribution in [0.15, 0.2) is 0 Å². The number of hydrogen-bond donors (Lipinski definition) is 1. The lowest BCUT2D eigenvalue weighted by Crippen LogP contribution is -2.14. The Hall–Kier alpha value is -0.640. The highest BCUT2D eigenvalue weighted by Crippen LogP contribution is 2.36. The van der Waals surface area contributed by atoms with Gasteiger partial charge in [0.05, 0.1) is 0 Å². The van der Waals surface area contributed by atoms with Crippen LogP contribution in [0.25, 0.3) is 0 Å². The van der Waals surface area contributed by atoms with Gasteiger partial charge in [-0.2, -0.15) is 4.37 Å². The Bertz CT molecular complexity index is 340. The molecule has 1 aromatic rings. The summed E-state index contributed by atoms with van der Waals surface area (Å²) in [5.74, 6) is 2.63. The molecule has 0 atom stereocenters. The average Bonchev–Trinajstić information content (AvgIpc) is 2.77. The fourth-order valence-electron chi connectivity index (χ4n) is 2.54. The Kier molecular flexibility index (Phi) is 4.37. The van der Waals surface area contributed by atoms with Gasteiger partial charge in [0.25, 0.3) is 0 Å². The molecule has 96 valence electrons. The van der Waals surface area contributed by atoms with Gasteiger partial charge in [0.15, 0.2) is 0 Å². The van der Waals surface area contributed by atoms with Gasteiger partial charge in [0.2, 0.25) is 5.13 Å². The maximum Gasteiger partial charge on any atom is 0.202 e. The van der Waals surface area contributed by atoms with Gasteiger partial charge in [0, 0.05) is 23.5 Å². The molecular formula is C13H23N3S. The zero-order valence-corrected chi connectivity index (χ0v) is 11.9. The van der Waals surface area contributed by atoms with Gasteiger partial charge in [-0.15, -0.1) is 0 Å². The average molecular weight is 253 g/mol. The molecule has 1 saturated carbocycles. The molecule has 0 aromatic carbocycles. The number of aromatic nitrogens is 2. The zero-order valence-electron chi connectivity index (χ0n) is 11.1. The highest BCUT2D eigenvalue weighted by atomic mass is 32.1. The zero-order chi connectivity index (χ0) is 12.3. The van der Waals surface area contributed by atoms with Crippen molar-refractivity contribution in [1.82, 2.24) is 9.36 Å². The van der Waals surface area contributed by atoms with E-state index in [1.807, 2.05) is 0 Å². The van der Waals surface area contributed by atoms with E-state index in [1.165, 1.54) is 43.6 Å². The van der Waals surface area contributed by atoms with Crippen LogP contribution in [0, 0.1) is 5.92 Å². The number of rotatable bonds is 4. The van der Waals surface area contributed by atoms with Gasteiger partial charge in [-0.3, -0.25) is 0 Å². The second-order valence-corrected chi connectivity index (χ2v) is 6.13. The molecule has 1 aliphatic rings. The van der Waals surface area contributed by atoms with Gasteiger partial charge in [0.1, 0.15) is 5.82 Å². The number of hydrogen-bond acceptors (Lipinski definition) is 4. The minimum absolute atomic E-state index is 0.437. The van der Waals surface area contributed by atoms with E-state index in [-0.39, 0.29) is 0 Å². The van der Waals surface area contributed by atoms with Crippen molar-refractivity contribution in [2.75, 3.05) is 5.32 Å². The van der Waals surface area contributed by atoms with Crippen LogP contribution >= 0.6 is 11.5 Å². The maximum atomic E-state index is 4.62. The monoisotopic (exact) mass is 253 g/mol.